The molecule has 0 fully saturated rings. The van der Waals surface area contributed by atoms with Gasteiger partial charge < -0.3 is 14.8 Å². The zero-order valence-corrected chi connectivity index (χ0v) is 17.2. The van der Waals surface area contributed by atoms with Gasteiger partial charge in [0.2, 0.25) is 0 Å². The highest BCUT2D eigenvalue weighted by Gasteiger charge is 2.39. The lowest BCUT2D eigenvalue weighted by Crippen LogP contribution is -2.35. The molecule has 1 N–H and O–H groups in total. The van der Waals surface area contributed by atoms with E-state index in [1.165, 1.54) is 4.90 Å². The summed E-state index contributed by atoms with van der Waals surface area (Å²) in [5, 5.41) is 3.13. The Morgan fingerprint density at radius 3 is 2.41 bits per heavy atom. The summed E-state index contributed by atoms with van der Waals surface area (Å²) in [5.41, 5.74) is 3.08. The molecule has 1 aliphatic rings. The summed E-state index contributed by atoms with van der Waals surface area (Å²) in [4.78, 5) is 27.5. The van der Waals surface area contributed by atoms with Crippen molar-refractivity contribution in [2.75, 3.05) is 25.6 Å². The molecule has 1 heterocycles. The smallest absolute Gasteiger partial charge is 0.278 e. The van der Waals surface area contributed by atoms with Crippen LogP contribution in [0.5, 0.6) is 5.75 Å². The van der Waals surface area contributed by atoms with Crippen molar-refractivity contribution in [2.24, 2.45) is 0 Å². The minimum atomic E-state index is -0.360. The largest absolute Gasteiger partial charge is 0.497 e. The lowest BCUT2D eigenvalue weighted by Gasteiger charge is -2.16. The summed E-state index contributed by atoms with van der Waals surface area (Å²) in [5.74, 6) is -0.0243. The van der Waals surface area contributed by atoms with E-state index in [4.69, 9.17) is 9.47 Å². The zero-order chi connectivity index (χ0) is 21.0. The van der Waals surface area contributed by atoms with Gasteiger partial charge in [-0.05, 0) is 38.5 Å². The van der Waals surface area contributed by atoms with Gasteiger partial charge in [-0.2, -0.15) is 0 Å². The third kappa shape index (κ3) is 4.66. The van der Waals surface area contributed by atoms with Crippen molar-refractivity contribution in [2.45, 2.75) is 26.9 Å². The van der Waals surface area contributed by atoms with Crippen LogP contribution in [0, 0.1) is 6.92 Å². The number of amides is 2. The molecule has 6 nitrogen and oxygen atoms in total. The second-order valence-corrected chi connectivity index (χ2v) is 7.15. The Morgan fingerprint density at radius 1 is 1.03 bits per heavy atom. The maximum Gasteiger partial charge on any atom is 0.278 e. The van der Waals surface area contributed by atoms with Gasteiger partial charge in [-0.3, -0.25) is 14.5 Å². The quantitative estimate of drug-likeness (QED) is 0.693. The number of nitrogens with one attached hydrogen (secondary N) is 1. The van der Waals surface area contributed by atoms with Gasteiger partial charge in [-0.25, -0.2) is 0 Å². The predicted molar refractivity (Wildman–Crippen MR) is 113 cm³/mol. The highest BCUT2D eigenvalue weighted by atomic mass is 16.5. The molecule has 29 heavy (non-hydrogen) atoms. The highest BCUT2D eigenvalue weighted by Crippen LogP contribution is 2.31. The van der Waals surface area contributed by atoms with Crippen LogP contribution in [0.1, 0.15) is 25.0 Å². The van der Waals surface area contributed by atoms with Crippen LogP contribution in [-0.4, -0.2) is 43.1 Å². The number of benzene rings is 2. The zero-order valence-electron chi connectivity index (χ0n) is 17.2. The number of aryl methyl sites for hydroxylation is 1. The summed E-state index contributed by atoms with van der Waals surface area (Å²) >= 11 is 0. The second kappa shape index (κ2) is 8.92. The van der Waals surface area contributed by atoms with Gasteiger partial charge in [-0.15, -0.1) is 0 Å². The Hall–Kier alpha value is -3.12. The molecule has 0 aromatic heterocycles. The maximum absolute atomic E-state index is 13.1. The van der Waals surface area contributed by atoms with Crippen molar-refractivity contribution in [3.63, 3.8) is 0 Å². The van der Waals surface area contributed by atoms with Gasteiger partial charge in [0.05, 0.1) is 31.9 Å². The van der Waals surface area contributed by atoms with E-state index in [0.717, 1.165) is 5.56 Å². The van der Waals surface area contributed by atoms with Gasteiger partial charge >= 0.3 is 0 Å². The molecule has 1 aliphatic heterocycles. The van der Waals surface area contributed by atoms with Gasteiger partial charge in [0, 0.05) is 11.8 Å². The molecule has 2 aromatic carbocycles. The molecule has 0 aliphatic carbocycles. The second-order valence-electron chi connectivity index (χ2n) is 7.15. The number of hydrogen-bond donors (Lipinski definition) is 1. The SMILES string of the molecule is COc1cccc(NC2=C(c3ccc(C)cc3)C(=O)N(CCOC(C)C)C2=O)c1. The Kier molecular flexibility index (Phi) is 6.34. The van der Waals surface area contributed by atoms with Gasteiger partial charge in [-0.1, -0.05) is 35.9 Å². The number of carbonyl (C=O) groups is 2. The molecule has 0 spiro atoms. The molecular weight excluding hydrogens is 368 g/mol. The van der Waals surface area contributed by atoms with Crippen LogP contribution >= 0.6 is 0 Å². The standard InChI is InChI=1S/C23H26N2O4/c1-15(2)29-13-12-25-22(26)20(17-10-8-16(3)9-11-17)21(23(25)27)24-18-6-5-7-19(14-18)28-4/h5-11,14-15,24H,12-13H2,1-4H3. The lowest BCUT2D eigenvalue weighted by atomic mass is 10.0. The molecule has 2 amide bonds. The fourth-order valence-electron chi connectivity index (χ4n) is 3.11. The van der Waals surface area contributed by atoms with Crippen molar-refractivity contribution in [1.29, 1.82) is 0 Å². The Morgan fingerprint density at radius 2 is 1.76 bits per heavy atom. The third-order valence-corrected chi connectivity index (χ3v) is 4.61. The van der Waals surface area contributed by atoms with Gasteiger partial charge in [0.25, 0.3) is 11.8 Å². The van der Waals surface area contributed by atoms with Crippen molar-refractivity contribution >= 4 is 23.1 Å². The van der Waals surface area contributed by atoms with Crippen molar-refractivity contribution in [1.82, 2.24) is 4.90 Å². The number of rotatable bonds is 8. The number of methoxy groups -OCH3 is 1. The number of hydrogen-bond acceptors (Lipinski definition) is 5. The van der Waals surface area contributed by atoms with E-state index in [1.807, 2.05) is 63.2 Å². The average molecular weight is 394 g/mol. The van der Waals surface area contributed by atoms with Crippen molar-refractivity contribution in [3.05, 3.63) is 65.4 Å². The number of anilines is 1. The van der Waals surface area contributed by atoms with E-state index in [9.17, 15) is 9.59 Å². The highest BCUT2D eigenvalue weighted by molar-refractivity contribution is 6.36. The third-order valence-electron chi connectivity index (χ3n) is 4.61. The molecule has 0 radical (unpaired) electrons. The Labute approximate surface area is 171 Å². The number of nitrogens with zero attached hydrogens (tertiary/aromatic N) is 1. The van der Waals surface area contributed by atoms with Crippen LogP contribution in [0.25, 0.3) is 5.57 Å². The summed E-state index contributed by atoms with van der Waals surface area (Å²) < 4.78 is 10.8. The fourth-order valence-corrected chi connectivity index (χ4v) is 3.11. The molecule has 0 saturated heterocycles. The molecule has 2 aromatic rings. The average Bonchev–Trinajstić information content (AvgIpc) is 2.93. The molecule has 152 valence electrons. The van der Waals surface area contributed by atoms with Gasteiger partial charge in [0.15, 0.2) is 0 Å². The van der Waals surface area contributed by atoms with Crippen LogP contribution < -0.4 is 10.1 Å². The first-order chi connectivity index (χ1) is 13.9. The minimum Gasteiger partial charge on any atom is -0.497 e. The monoisotopic (exact) mass is 394 g/mol. The number of carbonyl (C=O) groups excluding carboxylic acids is 2. The Balaban J connectivity index is 1.96. The first kappa shape index (κ1) is 20.6. The molecule has 0 atom stereocenters. The van der Waals surface area contributed by atoms with E-state index >= 15 is 0 Å². The van der Waals surface area contributed by atoms with Crippen LogP contribution in [-0.2, 0) is 14.3 Å². The lowest BCUT2D eigenvalue weighted by molar-refractivity contribution is -0.137. The van der Waals surface area contributed by atoms with Crippen LogP contribution in [0.15, 0.2) is 54.2 Å². The normalized spacial score (nSPS) is 14.2. The summed E-state index contributed by atoms with van der Waals surface area (Å²) in [6.45, 7) is 6.31. The predicted octanol–water partition coefficient (Wildman–Crippen LogP) is 3.62. The molecule has 3 rings (SSSR count). The maximum atomic E-state index is 13.1. The molecule has 0 saturated carbocycles. The van der Waals surface area contributed by atoms with Crippen LogP contribution in [0.3, 0.4) is 0 Å². The first-order valence-electron chi connectivity index (χ1n) is 9.61. The summed E-state index contributed by atoms with van der Waals surface area (Å²) in [7, 11) is 1.58. The van der Waals surface area contributed by atoms with E-state index < -0.39 is 0 Å². The number of imide groups is 1. The molecule has 0 unspecified atom stereocenters. The molecule has 0 bridgehead atoms. The molecular formula is C23H26N2O4. The van der Waals surface area contributed by atoms with Crippen molar-refractivity contribution in [3.8, 4) is 5.75 Å². The van der Waals surface area contributed by atoms with Crippen molar-refractivity contribution < 1.29 is 19.1 Å². The number of ether oxygens (including phenoxy) is 2. The topological polar surface area (TPSA) is 67.9 Å². The van der Waals surface area contributed by atoms with E-state index in [2.05, 4.69) is 5.32 Å². The minimum absolute atomic E-state index is 0.0294. The van der Waals surface area contributed by atoms with E-state index in [1.54, 1.807) is 13.2 Å². The molecule has 6 heteroatoms. The Bertz CT molecular complexity index is 932. The van der Waals surface area contributed by atoms with E-state index in [0.29, 0.717) is 29.2 Å². The van der Waals surface area contributed by atoms with Crippen LogP contribution in [0.2, 0.25) is 0 Å². The van der Waals surface area contributed by atoms with E-state index in [-0.39, 0.29) is 30.2 Å². The first-order valence-corrected chi connectivity index (χ1v) is 9.61. The summed E-state index contributed by atoms with van der Waals surface area (Å²) in [6, 6.07) is 14.8. The fraction of sp³-hybridized carbons (Fsp3) is 0.304. The van der Waals surface area contributed by atoms with Gasteiger partial charge in [0.1, 0.15) is 11.4 Å². The summed E-state index contributed by atoms with van der Waals surface area (Å²) in [6.07, 6.45) is 0.0294. The van der Waals surface area contributed by atoms with Crippen LogP contribution in [0.4, 0.5) is 5.69 Å².